The van der Waals surface area contributed by atoms with Crippen LogP contribution in [0.5, 0.6) is 0 Å². The van der Waals surface area contributed by atoms with Crippen LogP contribution in [0.4, 0.5) is 10.5 Å². The molecule has 2 aromatic heterocycles. The topological polar surface area (TPSA) is 91.6 Å². The van der Waals surface area contributed by atoms with Gasteiger partial charge in [0.15, 0.2) is 5.65 Å². The van der Waals surface area contributed by atoms with Gasteiger partial charge in [0, 0.05) is 32.0 Å². The summed E-state index contributed by atoms with van der Waals surface area (Å²) in [5.41, 5.74) is 3.16. The summed E-state index contributed by atoms with van der Waals surface area (Å²) < 4.78 is 1.74. The molecule has 3 aliphatic carbocycles. The van der Waals surface area contributed by atoms with E-state index >= 15 is 0 Å². The molecule has 134 valence electrons. The van der Waals surface area contributed by atoms with Crippen molar-refractivity contribution < 1.29 is 9.59 Å². The molecular formula is C18H20N6O2. The Balaban J connectivity index is 1.31. The predicted molar refractivity (Wildman–Crippen MR) is 92.7 cm³/mol. The molecule has 1 atom stereocenters. The summed E-state index contributed by atoms with van der Waals surface area (Å²) >= 11 is 0. The number of imide groups is 1. The average Bonchev–Trinajstić information content (AvgIpc) is 2.95. The summed E-state index contributed by atoms with van der Waals surface area (Å²) in [5.74, 6) is 1.02. The van der Waals surface area contributed by atoms with Crippen molar-refractivity contribution in [2.45, 2.75) is 25.2 Å². The van der Waals surface area contributed by atoms with Gasteiger partial charge < -0.3 is 10.2 Å². The van der Waals surface area contributed by atoms with Crippen LogP contribution in [-0.4, -0.2) is 46.2 Å². The van der Waals surface area contributed by atoms with Gasteiger partial charge in [0.25, 0.3) is 0 Å². The van der Waals surface area contributed by atoms with E-state index in [0.29, 0.717) is 11.1 Å². The maximum atomic E-state index is 12.2. The fourth-order valence-corrected chi connectivity index (χ4v) is 5.20. The molecule has 26 heavy (non-hydrogen) atoms. The molecule has 2 aliphatic heterocycles. The summed E-state index contributed by atoms with van der Waals surface area (Å²) in [4.78, 5) is 30.4. The van der Waals surface area contributed by atoms with Crippen molar-refractivity contribution in [3.63, 3.8) is 0 Å². The highest BCUT2D eigenvalue weighted by Crippen LogP contribution is 2.69. The van der Waals surface area contributed by atoms with Gasteiger partial charge in [-0.2, -0.15) is 5.10 Å². The van der Waals surface area contributed by atoms with Gasteiger partial charge in [-0.25, -0.2) is 14.3 Å². The lowest BCUT2D eigenvalue weighted by Gasteiger charge is -2.69. The molecule has 0 aromatic carbocycles. The van der Waals surface area contributed by atoms with Gasteiger partial charge in [0.05, 0.1) is 17.3 Å². The minimum absolute atomic E-state index is 0.268. The highest BCUT2D eigenvalue weighted by molar-refractivity contribution is 6.00. The van der Waals surface area contributed by atoms with E-state index in [-0.39, 0.29) is 12.5 Å². The van der Waals surface area contributed by atoms with Crippen LogP contribution in [0.2, 0.25) is 0 Å². The molecule has 2 saturated heterocycles. The first-order chi connectivity index (χ1) is 12.6. The highest BCUT2D eigenvalue weighted by Gasteiger charge is 2.62. The third kappa shape index (κ3) is 1.84. The Morgan fingerprint density at radius 3 is 2.69 bits per heavy atom. The number of urea groups is 1. The number of carbonyl (C=O) groups excluding carboxylic acids is 2. The summed E-state index contributed by atoms with van der Waals surface area (Å²) in [5, 5.41) is 9.56. The van der Waals surface area contributed by atoms with Gasteiger partial charge in [0.2, 0.25) is 5.91 Å². The van der Waals surface area contributed by atoms with Crippen molar-refractivity contribution in [1.82, 2.24) is 25.2 Å². The van der Waals surface area contributed by atoms with Crippen molar-refractivity contribution in [3.8, 4) is 0 Å². The van der Waals surface area contributed by atoms with Gasteiger partial charge in [-0.05, 0) is 42.6 Å². The molecule has 0 spiro atoms. The van der Waals surface area contributed by atoms with Crippen molar-refractivity contribution in [2.24, 2.45) is 17.3 Å². The molecule has 5 fully saturated rings. The number of carbonyl (C=O) groups is 2. The van der Waals surface area contributed by atoms with E-state index in [1.807, 2.05) is 6.07 Å². The number of nitrogens with one attached hydrogen (secondary N) is 2. The van der Waals surface area contributed by atoms with Crippen LogP contribution in [0.3, 0.4) is 0 Å². The second-order valence-electron chi connectivity index (χ2n) is 8.34. The lowest BCUT2D eigenvalue weighted by atomic mass is 9.39. The Bertz CT molecular complexity index is 929. The monoisotopic (exact) mass is 352 g/mol. The van der Waals surface area contributed by atoms with E-state index in [1.165, 1.54) is 19.3 Å². The van der Waals surface area contributed by atoms with E-state index in [9.17, 15) is 9.59 Å². The zero-order valence-corrected chi connectivity index (χ0v) is 14.3. The minimum atomic E-state index is -0.479. The summed E-state index contributed by atoms with van der Waals surface area (Å²) in [6.07, 6.45) is 7.81. The molecule has 2 N–H and O–H groups in total. The predicted octanol–water partition coefficient (Wildman–Crippen LogP) is 0.889. The SMILES string of the molecule is O=C1NCC(c2cc(N3CC(C45CC(C4)C5)C3)c3nccn3n2)C(=O)N1. The molecule has 3 saturated carbocycles. The first-order valence-corrected chi connectivity index (χ1v) is 9.29. The number of fused-ring (bicyclic) bond motifs is 1. The van der Waals surface area contributed by atoms with E-state index < -0.39 is 11.9 Å². The number of imidazole rings is 1. The van der Waals surface area contributed by atoms with Crippen molar-refractivity contribution in [2.75, 3.05) is 24.5 Å². The van der Waals surface area contributed by atoms with Crippen molar-refractivity contribution >= 4 is 23.3 Å². The standard InChI is InChI=1S/C18H20N6O2/c25-16-12(7-20-17(26)21-16)13-3-14(15-19-1-2-24(15)22-13)23-8-11(9-23)18-4-10(5-18)6-18/h1-3,10-12H,4-9H2,(H2,20,21,25,26). The minimum Gasteiger partial charge on any atom is -0.368 e. The van der Waals surface area contributed by atoms with Crippen LogP contribution in [0.15, 0.2) is 18.5 Å². The first kappa shape index (κ1) is 14.5. The highest BCUT2D eigenvalue weighted by atomic mass is 16.2. The molecule has 1 unspecified atom stereocenters. The Morgan fingerprint density at radius 1 is 1.19 bits per heavy atom. The van der Waals surface area contributed by atoms with Gasteiger partial charge in [-0.1, -0.05) is 0 Å². The molecular weight excluding hydrogens is 332 g/mol. The molecule has 2 aromatic rings. The Morgan fingerprint density at radius 2 is 2.00 bits per heavy atom. The quantitative estimate of drug-likeness (QED) is 0.856. The maximum absolute atomic E-state index is 12.2. The van der Waals surface area contributed by atoms with E-state index in [1.54, 1.807) is 16.9 Å². The van der Waals surface area contributed by atoms with Crippen LogP contribution in [0.25, 0.3) is 5.65 Å². The summed E-state index contributed by atoms with van der Waals surface area (Å²) in [6.45, 7) is 2.39. The third-order valence-corrected chi connectivity index (χ3v) is 6.91. The van der Waals surface area contributed by atoms with Crippen LogP contribution in [-0.2, 0) is 4.79 Å². The van der Waals surface area contributed by atoms with Gasteiger partial charge >= 0.3 is 6.03 Å². The van der Waals surface area contributed by atoms with E-state index in [2.05, 4.69) is 25.6 Å². The second kappa shape index (κ2) is 4.75. The van der Waals surface area contributed by atoms with Crippen molar-refractivity contribution in [3.05, 3.63) is 24.2 Å². The molecule has 5 aliphatic rings. The van der Waals surface area contributed by atoms with Gasteiger partial charge in [0.1, 0.15) is 0 Å². The number of nitrogens with zero attached hydrogens (tertiary/aromatic N) is 4. The molecule has 8 heteroatoms. The molecule has 4 heterocycles. The number of aromatic nitrogens is 3. The second-order valence-corrected chi connectivity index (χ2v) is 8.34. The summed E-state index contributed by atoms with van der Waals surface area (Å²) in [7, 11) is 0. The van der Waals surface area contributed by atoms with Gasteiger partial charge in [-0.15, -0.1) is 0 Å². The van der Waals surface area contributed by atoms with Crippen LogP contribution >= 0.6 is 0 Å². The van der Waals surface area contributed by atoms with E-state index in [0.717, 1.165) is 36.3 Å². The molecule has 7 rings (SSSR count). The fraction of sp³-hybridized carbons (Fsp3) is 0.556. The lowest BCUT2D eigenvalue weighted by molar-refractivity contribution is -0.157. The fourth-order valence-electron chi connectivity index (χ4n) is 5.20. The third-order valence-electron chi connectivity index (χ3n) is 6.91. The maximum Gasteiger partial charge on any atom is 0.321 e. The van der Waals surface area contributed by atoms with Crippen molar-refractivity contribution in [1.29, 1.82) is 0 Å². The van der Waals surface area contributed by atoms with Crippen LogP contribution in [0.1, 0.15) is 30.9 Å². The first-order valence-electron chi connectivity index (χ1n) is 9.29. The zero-order chi connectivity index (χ0) is 17.5. The number of hydrogen-bond acceptors (Lipinski definition) is 5. The number of rotatable bonds is 3. The summed E-state index contributed by atoms with van der Waals surface area (Å²) in [6, 6.07) is 1.53. The Kier molecular flexibility index (Phi) is 2.65. The molecule has 3 amide bonds. The molecule has 8 nitrogen and oxygen atoms in total. The largest absolute Gasteiger partial charge is 0.368 e. The van der Waals surface area contributed by atoms with E-state index in [4.69, 9.17) is 0 Å². The lowest BCUT2D eigenvalue weighted by Crippen LogP contribution is -2.65. The van der Waals surface area contributed by atoms with Crippen LogP contribution < -0.4 is 15.5 Å². The average molecular weight is 352 g/mol. The van der Waals surface area contributed by atoms with Gasteiger partial charge in [-0.3, -0.25) is 10.1 Å². The normalized spacial score (nSPS) is 33.2. The number of amides is 3. The molecule has 2 bridgehead atoms. The zero-order valence-electron chi connectivity index (χ0n) is 14.3. The smallest absolute Gasteiger partial charge is 0.321 e. The number of hydrogen-bond donors (Lipinski definition) is 2. The Hall–Kier alpha value is -2.64. The number of anilines is 1. The molecule has 0 radical (unpaired) electrons. The van der Waals surface area contributed by atoms with Crippen LogP contribution in [0, 0.1) is 17.3 Å². The Labute approximate surface area is 149 Å².